The number of benzene rings is 1. The van der Waals surface area contributed by atoms with Gasteiger partial charge in [0.2, 0.25) is 5.91 Å². The molecule has 24 heavy (non-hydrogen) atoms. The molecule has 1 fully saturated rings. The Morgan fingerprint density at radius 3 is 2.50 bits per heavy atom. The van der Waals surface area contributed by atoms with E-state index >= 15 is 0 Å². The molecule has 1 unspecified atom stereocenters. The minimum absolute atomic E-state index is 0.00410. The highest BCUT2D eigenvalue weighted by Gasteiger charge is 2.40. The lowest BCUT2D eigenvalue weighted by atomic mass is 10.2. The predicted molar refractivity (Wildman–Crippen MR) is 90.4 cm³/mol. The van der Waals surface area contributed by atoms with E-state index in [0.717, 1.165) is 0 Å². The summed E-state index contributed by atoms with van der Waals surface area (Å²) in [6, 6.07) is 5.80. The first-order chi connectivity index (χ1) is 11.2. The topological polar surface area (TPSA) is 89.8 Å². The van der Waals surface area contributed by atoms with Crippen LogP contribution in [0, 0.1) is 10.1 Å². The molecule has 1 aromatic rings. The zero-order valence-electron chi connectivity index (χ0n) is 13.9. The highest BCUT2D eigenvalue weighted by atomic mass is 32.2. The van der Waals surface area contributed by atoms with Crippen molar-refractivity contribution in [2.45, 2.75) is 43.9 Å². The summed E-state index contributed by atoms with van der Waals surface area (Å²) < 4.78 is 5.16. The number of carbonyl (C=O) groups is 2. The summed E-state index contributed by atoms with van der Waals surface area (Å²) in [5.41, 5.74) is 0.641. The summed E-state index contributed by atoms with van der Waals surface area (Å²) in [4.78, 5) is 35.2. The Kier molecular flexibility index (Phi) is 5.48. The van der Waals surface area contributed by atoms with Crippen molar-refractivity contribution in [2.24, 2.45) is 0 Å². The van der Waals surface area contributed by atoms with Crippen LogP contribution in [0.1, 0.15) is 32.8 Å². The van der Waals surface area contributed by atoms with E-state index < -0.39 is 10.9 Å². The Hall–Kier alpha value is -2.09. The number of non-ortho nitro benzene ring substituents is 1. The third-order valence-electron chi connectivity index (χ3n) is 3.35. The molecule has 1 aromatic carbocycles. The number of nitrogens with zero attached hydrogens (tertiary/aromatic N) is 2. The second-order valence-electron chi connectivity index (χ2n) is 6.49. The Morgan fingerprint density at radius 1 is 1.38 bits per heavy atom. The SMILES string of the molecule is CC(C)(C)SC1CC(=O)N1CC(=O)OCc1ccc([N+](=O)[O-])cc1. The fourth-order valence-electron chi connectivity index (χ4n) is 2.19. The minimum Gasteiger partial charge on any atom is -0.459 e. The molecule has 1 amide bonds. The second-order valence-corrected chi connectivity index (χ2v) is 8.50. The fraction of sp³-hybridized carbons (Fsp3) is 0.500. The van der Waals surface area contributed by atoms with Crippen LogP contribution in [-0.4, -0.2) is 38.4 Å². The van der Waals surface area contributed by atoms with Crippen molar-refractivity contribution in [3.63, 3.8) is 0 Å². The minimum atomic E-state index is -0.488. The number of nitro benzene ring substituents is 1. The molecule has 0 aromatic heterocycles. The molecule has 1 atom stereocenters. The average molecular weight is 352 g/mol. The number of carbonyl (C=O) groups excluding carboxylic acids is 2. The van der Waals surface area contributed by atoms with Gasteiger partial charge in [0.05, 0.1) is 16.7 Å². The largest absolute Gasteiger partial charge is 0.459 e. The maximum absolute atomic E-state index is 11.9. The highest BCUT2D eigenvalue weighted by molar-refractivity contribution is 8.01. The molecule has 0 radical (unpaired) electrons. The molecule has 1 heterocycles. The molecule has 2 rings (SSSR count). The number of amides is 1. The van der Waals surface area contributed by atoms with Gasteiger partial charge in [-0.25, -0.2) is 0 Å². The van der Waals surface area contributed by atoms with Gasteiger partial charge in [-0.3, -0.25) is 19.7 Å². The van der Waals surface area contributed by atoms with Gasteiger partial charge in [-0.1, -0.05) is 20.8 Å². The molecular formula is C16H20N2O5S. The van der Waals surface area contributed by atoms with E-state index in [2.05, 4.69) is 20.8 Å². The Labute approximate surface area is 144 Å². The number of hydrogen-bond acceptors (Lipinski definition) is 6. The van der Waals surface area contributed by atoms with E-state index in [1.54, 1.807) is 23.9 Å². The summed E-state index contributed by atoms with van der Waals surface area (Å²) in [6.07, 6.45) is 0.442. The van der Waals surface area contributed by atoms with E-state index in [9.17, 15) is 19.7 Å². The van der Waals surface area contributed by atoms with Crippen molar-refractivity contribution >= 4 is 29.3 Å². The smallest absolute Gasteiger partial charge is 0.326 e. The number of hydrogen-bond donors (Lipinski definition) is 0. The first-order valence-electron chi connectivity index (χ1n) is 7.52. The van der Waals surface area contributed by atoms with Crippen LogP contribution in [0.2, 0.25) is 0 Å². The van der Waals surface area contributed by atoms with Gasteiger partial charge in [0, 0.05) is 16.9 Å². The van der Waals surface area contributed by atoms with Crippen molar-refractivity contribution in [3.8, 4) is 0 Å². The van der Waals surface area contributed by atoms with Crippen LogP contribution in [0.5, 0.6) is 0 Å². The predicted octanol–water partition coefficient (Wildman–Crippen LogP) is 2.73. The lowest BCUT2D eigenvalue weighted by Crippen LogP contribution is -2.54. The Morgan fingerprint density at radius 2 is 2.00 bits per heavy atom. The van der Waals surface area contributed by atoms with Gasteiger partial charge < -0.3 is 9.64 Å². The van der Waals surface area contributed by atoms with Crippen LogP contribution in [0.15, 0.2) is 24.3 Å². The third-order valence-corrected chi connectivity index (χ3v) is 4.75. The van der Waals surface area contributed by atoms with Gasteiger partial charge in [-0.2, -0.15) is 0 Å². The van der Waals surface area contributed by atoms with Gasteiger partial charge in [0.1, 0.15) is 13.2 Å². The van der Waals surface area contributed by atoms with Gasteiger partial charge in [-0.05, 0) is 17.7 Å². The summed E-state index contributed by atoms with van der Waals surface area (Å²) in [5, 5.41) is 10.6. The van der Waals surface area contributed by atoms with E-state index in [1.807, 2.05) is 0 Å². The van der Waals surface area contributed by atoms with Crippen LogP contribution in [0.3, 0.4) is 0 Å². The zero-order valence-corrected chi connectivity index (χ0v) is 14.7. The molecule has 1 aliphatic heterocycles. The maximum atomic E-state index is 11.9. The number of ether oxygens (including phenoxy) is 1. The Bertz CT molecular complexity index is 639. The fourth-order valence-corrected chi connectivity index (χ4v) is 3.55. The molecule has 0 N–H and O–H groups in total. The van der Waals surface area contributed by atoms with Crippen molar-refractivity contribution in [2.75, 3.05) is 6.54 Å². The molecule has 7 nitrogen and oxygen atoms in total. The first-order valence-corrected chi connectivity index (χ1v) is 8.40. The monoisotopic (exact) mass is 352 g/mol. The normalized spacial score (nSPS) is 17.4. The number of rotatable bonds is 6. The first kappa shape index (κ1) is 18.3. The van der Waals surface area contributed by atoms with Crippen molar-refractivity contribution < 1.29 is 19.2 Å². The summed E-state index contributed by atoms with van der Waals surface area (Å²) >= 11 is 1.65. The van der Waals surface area contributed by atoms with Crippen molar-refractivity contribution in [1.82, 2.24) is 4.90 Å². The van der Waals surface area contributed by atoms with E-state index in [4.69, 9.17) is 4.74 Å². The van der Waals surface area contributed by atoms with Crippen molar-refractivity contribution in [3.05, 3.63) is 39.9 Å². The van der Waals surface area contributed by atoms with E-state index in [0.29, 0.717) is 12.0 Å². The molecule has 0 bridgehead atoms. The van der Waals surface area contributed by atoms with Gasteiger partial charge in [0.15, 0.2) is 0 Å². The summed E-state index contributed by atoms with van der Waals surface area (Å²) in [5.74, 6) is -0.537. The van der Waals surface area contributed by atoms with Gasteiger partial charge in [-0.15, -0.1) is 11.8 Å². The highest BCUT2D eigenvalue weighted by Crippen LogP contribution is 2.37. The van der Waals surface area contributed by atoms with E-state index in [-0.39, 0.29) is 34.9 Å². The molecule has 1 aliphatic rings. The maximum Gasteiger partial charge on any atom is 0.326 e. The number of thioether (sulfide) groups is 1. The zero-order chi connectivity index (χ0) is 17.9. The standard InChI is InChI=1S/C16H20N2O5S/c1-16(2,3)24-14-8-13(19)17(14)9-15(20)23-10-11-4-6-12(7-5-11)18(21)22/h4-7,14H,8-10H2,1-3H3. The van der Waals surface area contributed by atoms with Crippen LogP contribution >= 0.6 is 11.8 Å². The number of likely N-dealkylation sites (tertiary alicyclic amines) is 1. The molecule has 1 saturated heterocycles. The van der Waals surface area contributed by atoms with Crippen LogP contribution < -0.4 is 0 Å². The summed E-state index contributed by atoms with van der Waals surface area (Å²) in [6.45, 7) is 6.14. The van der Waals surface area contributed by atoms with E-state index in [1.165, 1.54) is 17.0 Å². The quantitative estimate of drug-likeness (QED) is 0.338. The Balaban J connectivity index is 1.82. The summed E-state index contributed by atoms with van der Waals surface area (Å²) in [7, 11) is 0. The van der Waals surface area contributed by atoms with Crippen molar-refractivity contribution in [1.29, 1.82) is 0 Å². The lowest BCUT2D eigenvalue weighted by molar-refractivity contribution is -0.384. The number of esters is 1. The molecule has 8 heteroatoms. The van der Waals surface area contributed by atoms with Crippen LogP contribution in [0.25, 0.3) is 0 Å². The van der Waals surface area contributed by atoms with Crippen LogP contribution in [0.4, 0.5) is 5.69 Å². The molecule has 130 valence electrons. The lowest BCUT2D eigenvalue weighted by Gasteiger charge is -2.42. The second kappa shape index (κ2) is 7.21. The number of nitro groups is 1. The van der Waals surface area contributed by atoms with Crippen LogP contribution in [-0.2, 0) is 20.9 Å². The van der Waals surface area contributed by atoms with Gasteiger partial charge in [0.25, 0.3) is 5.69 Å². The molecular weight excluding hydrogens is 332 g/mol. The third kappa shape index (κ3) is 4.95. The molecule has 0 saturated carbocycles. The average Bonchev–Trinajstić information content (AvgIpc) is 2.49. The number of β-lactam (4-membered cyclic amide) rings is 1. The molecule has 0 spiro atoms. The molecule has 0 aliphatic carbocycles. The van der Waals surface area contributed by atoms with Gasteiger partial charge >= 0.3 is 5.97 Å².